The fourth-order valence-electron chi connectivity index (χ4n) is 5.56. The minimum atomic E-state index is -5.00. The van der Waals surface area contributed by atoms with E-state index in [0.717, 1.165) is 56.7 Å². The van der Waals surface area contributed by atoms with Crippen LogP contribution in [0.5, 0.6) is 0 Å². The van der Waals surface area contributed by atoms with Crippen molar-refractivity contribution in [2.24, 2.45) is 5.73 Å². The van der Waals surface area contributed by atoms with Crippen molar-refractivity contribution in [2.75, 3.05) is 32.2 Å². The van der Waals surface area contributed by atoms with Crippen LogP contribution in [0.2, 0.25) is 0 Å². The number of phosphoric ester groups is 2. The molecule has 0 aromatic carbocycles. The van der Waals surface area contributed by atoms with Gasteiger partial charge < -0.3 is 45.2 Å². The van der Waals surface area contributed by atoms with Gasteiger partial charge in [-0.15, -0.1) is 11.8 Å². The molecule has 402 valence electrons. The highest BCUT2D eigenvalue weighted by Gasteiger charge is 2.30. The van der Waals surface area contributed by atoms with Crippen LogP contribution in [0.25, 0.3) is 0 Å². The standard InChI is InChI=1S/C51H81NO16P2S/c1-3-5-7-9-11-13-15-17-18-19-20-21-22-23-25-27-29-31-33-38-50(57)64-41-45(42-67-70(62,63)66-40-44(53)39-65-69(59,60)61)68-51(58)46(52)43-71-48(47(54)35-34-37-49(55)56)36-32-30-28-26-24-16-14-12-10-8-6-4-2/h5,7,11-14,17-18,20-21,23-26,28-32,36,44-48,53-54H,3-4,6,8-10,15-16,19,22,27,33-35,37-43,52H2,1-2H3,(H,55,56)(H,62,63)(H2,59,60,61)/b7-5-,13-11-,14-12-,18-17-,21-20-,25-23-,26-24-,30-28+,31-29-,36-32+/t44-,45+,46-,47-,48+/m0/s1. The lowest BCUT2D eigenvalue weighted by Gasteiger charge is -2.23. The molecule has 8 N–H and O–H groups in total. The Bertz CT molecular complexity index is 1840. The van der Waals surface area contributed by atoms with Gasteiger partial charge in [-0.2, -0.15) is 0 Å². The predicted octanol–water partition coefficient (Wildman–Crippen LogP) is 9.76. The number of thioether (sulfide) groups is 1. The largest absolute Gasteiger partial charge is 0.481 e. The molecule has 0 aromatic heterocycles. The van der Waals surface area contributed by atoms with E-state index in [0.29, 0.717) is 12.8 Å². The molecule has 0 saturated heterocycles. The summed E-state index contributed by atoms with van der Waals surface area (Å²) in [5.74, 6) is -2.78. The van der Waals surface area contributed by atoms with Gasteiger partial charge in [0, 0.05) is 23.8 Å². The monoisotopic (exact) mass is 1060 g/mol. The Balaban J connectivity index is 5.45. The molecule has 0 spiro atoms. The molecule has 71 heavy (non-hydrogen) atoms. The molecule has 0 amide bonds. The van der Waals surface area contributed by atoms with E-state index in [1.165, 1.54) is 19.3 Å². The van der Waals surface area contributed by atoms with Crippen molar-refractivity contribution >= 4 is 45.3 Å². The average molecular weight is 1060 g/mol. The SMILES string of the molecule is CC/C=C\C/C=C\C/C=C\C/C=C\C/C=C\C/C=C\CCC(=O)OC[C@H](COP(=O)(O)OC[C@@H](O)COP(=O)(O)O)OC(=O)[C@@H](N)CS[C@H](/C=C/C=C/C=C\C/C=C\CCCCC)[C@@H](O)CCCC(=O)O. The number of esters is 2. The summed E-state index contributed by atoms with van der Waals surface area (Å²) in [6, 6.07) is -1.32. The number of carboxylic acids is 1. The second kappa shape index (κ2) is 44.9. The van der Waals surface area contributed by atoms with Gasteiger partial charge in [0.25, 0.3) is 0 Å². The first kappa shape index (κ1) is 67.3. The number of unbranched alkanes of at least 4 members (excludes halogenated alkanes) is 3. The van der Waals surface area contributed by atoms with Crippen LogP contribution in [0.4, 0.5) is 0 Å². The van der Waals surface area contributed by atoms with Gasteiger partial charge in [-0.3, -0.25) is 28.0 Å². The quantitative estimate of drug-likeness (QED) is 0.00982. The maximum Gasteiger partial charge on any atom is 0.472 e. The normalized spacial score (nSPS) is 16.1. The number of carbonyl (C=O) groups is 3. The Morgan fingerprint density at radius 2 is 1.15 bits per heavy atom. The van der Waals surface area contributed by atoms with Crippen LogP contribution >= 0.6 is 27.4 Å². The van der Waals surface area contributed by atoms with Crippen molar-refractivity contribution in [3.05, 3.63) is 122 Å². The molecule has 0 aromatic rings. The molecule has 0 saturated carbocycles. The third kappa shape index (κ3) is 45.8. The number of aliphatic hydroxyl groups is 2. The molecule has 20 heteroatoms. The summed E-state index contributed by atoms with van der Waals surface area (Å²) in [4.78, 5) is 64.8. The first-order valence-corrected chi connectivity index (χ1v) is 28.2. The molecule has 0 bridgehead atoms. The van der Waals surface area contributed by atoms with Gasteiger partial charge in [0.15, 0.2) is 6.10 Å². The number of rotatable bonds is 44. The molecule has 0 aliphatic rings. The van der Waals surface area contributed by atoms with E-state index >= 15 is 0 Å². The van der Waals surface area contributed by atoms with Gasteiger partial charge >= 0.3 is 33.6 Å². The van der Waals surface area contributed by atoms with Crippen molar-refractivity contribution in [2.45, 2.75) is 146 Å². The Kier molecular flexibility index (Phi) is 42.6. The van der Waals surface area contributed by atoms with Crippen LogP contribution < -0.4 is 5.73 Å². The highest BCUT2D eigenvalue weighted by molar-refractivity contribution is 8.00. The zero-order valence-electron chi connectivity index (χ0n) is 41.4. The molecule has 0 heterocycles. The van der Waals surface area contributed by atoms with Crippen LogP contribution in [0.1, 0.15) is 117 Å². The summed E-state index contributed by atoms with van der Waals surface area (Å²) >= 11 is 1.12. The Morgan fingerprint density at radius 1 is 0.620 bits per heavy atom. The zero-order valence-corrected chi connectivity index (χ0v) is 44.0. The summed E-state index contributed by atoms with van der Waals surface area (Å²) in [7, 11) is -9.94. The maximum absolute atomic E-state index is 13.2. The smallest absolute Gasteiger partial charge is 0.472 e. The van der Waals surface area contributed by atoms with E-state index in [4.69, 9.17) is 34.6 Å². The molecular weight excluding hydrogens is 977 g/mol. The molecule has 0 rings (SSSR count). The van der Waals surface area contributed by atoms with Crippen molar-refractivity contribution in [1.82, 2.24) is 0 Å². The maximum atomic E-state index is 13.2. The van der Waals surface area contributed by atoms with Crippen molar-refractivity contribution in [3.8, 4) is 0 Å². The lowest BCUT2D eigenvalue weighted by molar-refractivity contribution is -0.161. The van der Waals surface area contributed by atoms with Crippen LogP contribution in [0.3, 0.4) is 0 Å². The highest BCUT2D eigenvalue weighted by atomic mass is 32.2. The third-order valence-electron chi connectivity index (χ3n) is 9.34. The number of ether oxygens (including phenoxy) is 2. The van der Waals surface area contributed by atoms with Crippen LogP contribution in [0.15, 0.2) is 122 Å². The Hall–Kier alpha value is -3.74. The van der Waals surface area contributed by atoms with Crippen LogP contribution in [-0.2, 0) is 46.6 Å². The minimum Gasteiger partial charge on any atom is -0.481 e. The number of carbonyl (C=O) groups excluding carboxylic acids is 2. The molecule has 6 atom stereocenters. The fourth-order valence-corrected chi connectivity index (χ4v) is 7.84. The summed E-state index contributed by atoms with van der Waals surface area (Å²) in [6.45, 7) is 0.940. The summed E-state index contributed by atoms with van der Waals surface area (Å²) in [6.07, 6.45) is 46.9. The molecule has 17 nitrogen and oxygen atoms in total. The number of aliphatic carboxylic acids is 1. The van der Waals surface area contributed by atoms with Crippen molar-refractivity contribution < 1.29 is 76.6 Å². The Labute approximate surface area is 425 Å². The lowest BCUT2D eigenvalue weighted by Crippen LogP contribution is -2.40. The van der Waals surface area contributed by atoms with Gasteiger partial charge in [-0.05, 0) is 77.0 Å². The third-order valence-corrected chi connectivity index (χ3v) is 12.2. The zero-order chi connectivity index (χ0) is 52.9. The second-order valence-electron chi connectivity index (χ2n) is 15.9. The number of aliphatic hydroxyl groups excluding tert-OH is 2. The highest BCUT2D eigenvalue weighted by Crippen LogP contribution is 2.44. The summed E-state index contributed by atoms with van der Waals surface area (Å²) in [5.41, 5.74) is 6.18. The summed E-state index contributed by atoms with van der Waals surface area (Å²) < 4.78 is 48.0. The molecule has 1 unspecified atom stereocenters. The van der Waals surface area contributed by atoms with Gasteiger partial charge in [-0.1, -0.05) is 148 Å². The lowest BCUT2D eigenvalue weighted by atomic mass is 10.1. The Morgan fingerprint density at radius 3 is 1.73 bits per heavy atom. The predicted molar refractivity (Wildman–Crippen MR) is 281 cm³/mol. The molecular formula is C51H81NO16P2S. The van der Waals surface area contributed by atoms with E-state index in [2.05, 4.69) is 83.7 Å². The average Bonchev–Trinajstić information content (AvgIpc) is 3.32. The topological polar surface area (TPSA) is 279 Å². The number of hydrogen-bond donors (Lipinski definition) is 7. The van der Waals surface area contributed by atoms with E-state index in [9.17, 15) is 38.6 Å². The number of allylic oxidation sites excluding steroid dienone is 19. The first-order valence-electron chi connectivity index (χ1n) is 24.2. The molecule has 0 aliphatic heterocycles. The number of phosphoric acid groups is 2. The summed E-state index contributed by atoms with van der Waals surface area (Å²) in [5, 5.41) is 29.2. The number of carboxylic acid groups (broad SMARTS) is 1. The fraction of sp³-hybridized carbons (Fsp3) is 0.549. The van der Waals surface area contributed by atoms with Crippen molar-refractivity contribution in [3.63, 3.8) is 0 Å². The van der Waals surface area contributed by atoms with E-state index in [-0.39, 0.29) is 31.4 Å². The van der Waals surface area contributed by atoms with Gasteiger partial charge in [-0.25, -0.2) is 9.13 Å². The van der Waals surface area contributed by atoms with Gasteiger partial charge in [0.1, 0.15) is 18.8 Å². The van der Waals surface area contributed by atoms with Gasteiger partial charge in [0.2, 0.25) is 0 Å². The second-order valence-corrected chi connectivity index (χ2v) is 19.8. The number of nitrogens with two attached hydrogens (primary N) is 1. The van der Waals surface area contributed by atoms with Crippen LogP contribution in [0, 0.1) is 0 Å². The van der Waals surface area contributed by atoms with E-state index < -0.39 is 89.6 Å². The van der Waals surface area contributed by atoms with Crippen LogP contribution in [-0.4, -0.2) is 110 Å². The minimum absolute atomic E-state index is 0.0400. The van der Waals surface area contributed by atoms with Crippen molar-refractivity contribution in [1.29, 1.82) is 0 Å². The number of hydrogen-bond acceptors (Lipinski definition) is 14. The molecule has 0 fully saturated rings. The molecule has 0 radical (unpaired) electrons. The molecule has 0 aliphatic carbocycles. The van der Waals surface area contributed by atoms with E-state index in [1.807, 2.05) is 42.5 Å². The first-order chi connectivity index (χ1) is 34.0. The van der Waals surface area contributed by atoms with Gasteiger partial charge in [0.05, 0.1) is 25.9 Å². The van der Waals surface area contributed by atoms with E-state index in [1.54, 1.807) is 18.2 Å².